The van der Waals surface area contributed by atoms with E-state index in [1.165, 1.54) is 12.8 Å². The number of nitrogens with one attached hydrogen (secondary N) is 1. The van der Waals surface area contributed by atoms with Gasteiger partial charge < -0.3 is 15.3 Å². The highest BCUT2D eigenvalue weighted by Gasteiger charge is 2.22. The van der Waals surface area contributed by atoms with Crippen LogP contribution in [0.5, 0.6) is 0 Å². The van der Waals surface area contributed by atoms with Crippen molar-refractivity contribution >= 4 is 40.2 Å². The summed E-state index contributed by atoms with van der Waals surface area (Å²) in [7, 11) is 4.25. The van der Waals surface area contributed by atoms with Crippen molar-refractivity contribution in [2.24, 2.45) is 5.92 Å². The van der Waals surface area contributed by atoms with E-state index in [9.17, 15) is 4.79 Å². The largest absolute Gasteiger partial charge is 0.478 e. The molecular formula is C21H26ClN3O2. The zero-order valence-electron chi connectivity index (χ0n) is 15.8. The maximum atomic E-state index is 11.0. The first-order chi connectivity index (χ1) is 12.9. The maximum absolute atomic E-state index is 11.0. The van der Waals surface area contributed by atoms with Gasteiger partial charge in [-0.3, -0.25) is 4.98 Å². The summed E-state index contributed by atoms with van der Waals surface area (Å²) in [6.45, 7) is 1.13. The molecule has 0 aliphatic heterocycles. The van der Waals surface area contributed by atoms with Crippen molar-refractivity contribution < 1.29 is 9.90 Å². The average Bonchev–Trinajstić information content (AvgIpc) is 2.62. The summed E-state index contributed by atoms with van der Waals surface area (Å²) in [6.07, 6.45) is 9.05. The van der Waals surface area contributed by atoms with E-state index in [0.717, 1.165) is 53.5 Å². The molecule has 1 aromatic carbocycles. The number of fused-ring (bicyclic) bond motifs is 1. The Morgan fingerprint density at radius 2 is 2.07 bits per heavy atom. The minimum Gasteiger partial charge on any atom is -0.478 e. The number of anilines is 1. The first-order valence-corrected chi connectivity index (χ1v) is 9.70. The number of carboxylic acid groups (broad SMARTS) is 1. The van der Waals surface area contributed by atoms with Crippen LogP contribution in [-0.4, -0.2) is 47.6 Å². The molecule has 1 saturated carbocycles. The molecule has 2 aromatic rings. The molecule has 144 valence electrons. The molecule has 1 aliphatic carbocycles. The predicted octanol–water partition coefficient (Wildman–Crippen LogP) is 4.52. The molecule has 2 N–H and O–H groups in total. The first kappa shape index (κ1) is 19.6. The average molecular weight is 388 g/mol. The molecule has 27 heavy (non-hydrogen) atoms. The van der Waals surface area contributed by atoms with Gasteiger partial charge in [-0.25, -0.2) is 4.79 Å². The summed E-state index contributed by atoms with van der Waals surface area (Å²) in [5, 5.41) is 14.2. The molecule has 0 atom stereocenters. The second-order valence-electron chi connectivity index (χ2n) is 7.55. The molecule has 0 unspecified atom stereocenters. The number of halogens is 1. The Morgan fingerprint density at radius 3 is 2.74 bits per heavy atom. The second kappa shape index (κ2) is 8.72. The predicted molar refractivity (Wildman–Crippen MR) is 111 cm³/mol. The highest BCUT2D eigenvalue weighted by atomic mass is 35.5. The van der Waals surface area contributed by atoms with Gasteiger partial charge >= 0.3 is 5.97 Å². The number of carboxylic acids is 1. The third-order valence-corrected chi connectivity index (χ3v) is 5.32. The lowest BCUT2D eigenvalue weighted by atomic mass is 9.85. The molecule has 0 spiro atoms. The molecule has 1 aliphatic rings. The van der Waals surface area contributed by atoms with Crippen LogP contribution in [0.4, 0.5) is 5.69 Å². The van der Waals surface area contributed by atoms with E-state index in [1.54, 1.807) is 12.3 Å². The molecule has 1 heterocycles. The fourth-order valence-corrected chi connectivity index (χ4v) is 4.01. The third-order valence-electron chi connectivity index (χ3n) is 5.08. The summed E-state index contributed by atoms with van der Waals surface area (Å²) in [5.74, 6) is -0.232. The van der Waals surface area contributed by atoms with Crippen LogP contribution >= 0.6 is 11.6 Å². The lowest BCUT2D eigenvalue weighted by molar-refractivity contribution is -0.131. The normalized spacial score (nSPS) is 20.4. The quantitative estimate of drug-likeness (QED) is 0.713. The number of pyridine rings is 1. The van der Waals surface area contributed by atoms with Crippen molar-refractivity contribution in [2.45, 2.75) is 31.7 Å². The van der Waals surface area contributed by atoms with Crippen molar-refractivity contribution in [1.29, 1.82) is 0 Å². The van der Waals surface area contributed by atoms with E-state index in [-0.39, 0.29) is 0 Å². The molecule has 3 rings (SSSR count). The van der Waals surface area contributed by atoms with Crippen molar-refractivity contribution in [2.75, 3.05) is 26.0 Å². The molecular weight excluding hydrogens is 362 g/mol. The molecule has 0 amide bonds. The van der Waals surface area contributed by atoms with Crippen molar-refractivity contribution in [1.82, 2.24) is 9.88 Å². The van der Waals surface area contributed by atoms with Gasteiger partial charge in [0.25, 0.3) is 0 Å². The topological polar surface area (TPSA) is 65.5 Å². The van der Waals surface area contributed by atoms with Crippen LogP contribution in [0.15, 0.2) is 30.5 Å². The molecule has 6 heteroatoms. The summed E-state index contributed by atoms with van der Waals surface area (Å²) in [6, 6.07) is 5.97. The zero-order chi connectivity index (χ0) is 19.4. The highest BCUT2D eigenvalue weighted by molar-refractivity contribution is 6.31. The van der Waals surface area contributed by atoms with Crippen molar-refractivity contribution in [3.63, 3.8) is 0 Å². The van der Waals surface area contributed by atoms with Gasteiger partial charge in [-0.1, -0.05) is 11.6 Å². The Hall–Kier alpha value is -2.11. The van der Waals surface area contributed by atoms with E-state index >= 15 is 0 Å². The maximum Gasteiger partial charge on any atom is 0.328 e. The number of aliphatic carboxylic acids is 1. The van der Waals surface area contributed by atoms with Crippen LogP contribution in [0, 0.1) is 5.92 Å². The van der Waals surface area contributed by atoms with Crippen LogP contribution in [0.2, 0.25) is 5.02 Å². The van der Waals surface area contributed by atoms with Gasteiger partial charge in [0.2, 0.25) is 0 Å². The number of benzene rings is 1. The Morgan fingerprint density at radius 1 is 1.33 bits per heavy atom. The van der Waals surface area contributed by atoms with Crippen LogP contribution in [0.25, 0.3) is 17.0 Å². The van der Waals surface area contributed by atoms with Gasteiger partial charge in [-0.15, -0.1) is 0 Å². The van der Waals surface area contributed by atoms with E-state index in [4.69, 9.17) is 16.7 Å². The smallest absolute Gasteiger partial charge is 0.328 e. The minimum absolute atomic E-state index is 0.366. The Labute approximate surface area is 165 Å². The van der Waals surface area contributed by atoms with Crippen LogP contribution in [0.1, 0.15) is 31.2 Å². The highest BCUT2D eigenvalue weighted by Crippen LogP contribution is 2.33. The number of hydrogen-bond donors (Lipinski definition) is 2. The molecule has 1 aromatic heterocycles. The molecule has 1 fully saturated rings. The number of hydrogen-bond acceptors (Lipinski definition) is 4. The third kappa shape index (κ3) is 5.21. The Kier molecular flexibility index (Phi) is 6.34. The lowest BCUT2D eigenvalue weighted by Gasteiger charge is -2.32. The number of rotatable bonds is 6. The summed E-state index contributed by atoms with van der Waals surface area (Å²) in [5.41, 5.74) is 2.52. The molecule has 0 bridgehead atoms. The first-order valence-electron chi connectivity index (χ1n) is 9.33. The minimum atomic E-state index is -0.976. The van der Waals surface area contributed by atoms with E-state index < -0.39 is 5.97 Å². The number of carbonyl (C=O) groups is 1. The van der Waals surface area contributed by atoms with Gasteiger partial charge in [-0.2, -0.15) is 0 Å². The SMILES string of the molecule is CN(C)C[C@H]1CC[C@H](Nc2c(/C=C/C(=O)O)cnc3ccc(Cl)cc23)CC1. The van der Waals surface area contributed by atoms with Crippen molar-refractivity contribution in [3.8, 4) is 0 Å². The van der Waals surface area contributed by atoms with E-state index in [2.05, 4.69) is 29.3 Å². The zero-order valence-corrected chi connectivity index (χ0v) is 16.5. The van der Waals surface area contributed by atoms with Gasteiger partial charge in [-0.05, 0) is 70.0 Å². The molecule has 0 saturated heterocycles. The monoisotopic (exact) mass is 387 g/mol. The van der Waals surface area contributed by atoms with Gasteiger partial charge in [0.05, 0.1) is 11.2 Å². The van der Waals surface area contributed by atoms with E-state index in [1.807, 2.05) is 18.2 Å². The fraction of sp³-hybridized carbons (Fsp3) is 0.429. The van der Waals surface area contributed by atoms with E-state index in [0.29, 0.717) is 11.1 Å². The summed E-state index contributed by atoms with van der Waals surface area (Å²) in [4.78, 5) is 17.7. The molecule has 0 radical (unpaired) electrons. The second-order valence-corrected chi connectivity index (χ2v) is 7.98. The van der Waals surface area contributed by atoms with Crippen LogP contribution in [0.3, 0.4) is 0 Å². The Bertz CT molecular complexity index is 843. The fourth-order valence-electron chi connectivity index (χ4n) is 3.84. The van der Waals surface area contributed by atoms with Gasteiger partial charge in [0.15, 0.2) is 0 Å². The van der Waals surface area contributed by atoms with Gasteiger partial charge in [0.1, 0.15) is 0 Å². The lowest BCUT2D eigenvalue weighted by Crippen LogP contribution is -2.31. The summed E-state index contributed by atoms with van der Waals surface area (Å²) >= 11 is 6.21. The van der Waals surface area contributed by atoms with Gasteiger partial charge in [0, 0.05) is 40.8 Å². The van der Waals surface area contributed by atoms with Crippen molar-refractivity contribution in [3.05, 3.63) is 41.1 Å². The molecule has 5 nitrogen and oxygen atoms in total. The number of nitrogens with zero attached hydrogens (tertiary/aromatic N) is 2. The Balaban J connectivity index is 1.86. The van der Waals surface area contributed by atoms with Crippen LogP contribution < -0.4 is 5.32 Å². The van der Waals surface area contributed by atoms with Crippen LogP contribution in [-0.2, 0) is 4.79 Å². The standard InChI is InChI=1S/C21H26ClN3O2/c1-25(2)13-14-3-7-17(8-4-14)24-21-15(5-10-20(26)27)12-23-19-9-6-16(22)11-18(19)21/h5-6,9-12,14,17H,3-4,7-8,13H2,1-2H3,(H,23,24)(H,26,27)/b10-5+/t14-,17-. The summed E-state index contributed by atoms with van der Waals surface area (Å²) < 4.78 is 0. The number of aromatic nitrogens is 1.